The first kappa shape index (κ1) is 14.4. The van der Waals surface area contributed by atoms with Crippen LogP contribution in [0.4, 0.5) is 8.78 Å². The van der Waals surface area contributed by atoms with Gasteiger partial charge in [-0.1, -0.05) is 5.21 Å². The van der Waals surface area contributed by atoms with Crippen molar-refractivity contribution in [3.05, 3.63) is 45.7 Å². The highest BCUT2D eigenvalue weighted by Crippen LogP contribution is 2.22. The van der Waals surface area contributed by atoms with Crippen LogP contribution in [-0.2, 0) is 13.0 Å². The predicted molar refractivity (Wildman–Crippen MR) is 72.2 cm³/mol. The number of aromatic nitrogens is 3. The molecule has 7 heteroatoms. The summed E-state index contributed by atoms with van der Waals surface area (Å²) in [6, 6.07) is 2.55. The minimum atomic E-state index is -0.613. The van der Waals surface area contributed by atoms with Crippen molar-refractivity contribution >= 4 is 27.5 Å². The third kappa shape index (κ3) is 3.51. The molecule has 0 unspecified atom stereocenters. The largest absolute Gasteiger partial charge is 0.248 e. The molecule has 19 heavy (non-hydrogen) atoms. The Morgan fingerprint density at radius 1 is 1.32 bits per heavy atom. The Morgan fingerprint density at radius 3 is 2.84 bits per heavy atom. The van der Waals surface area contributed by atoms with Gasteiger partial charge in [-0.3, -0.25) is 0 Å². The fraction of sp³-hybridized carbons (Fsp3) is 0.333. The Bertz CT molecular complexity index is 574. The summed E-state index contributed by atoms with van der Waals surface area (Å²) in [4.78, 5) is 0. The molecule has 1 aromatic heterocycles. The highest BCUT2D eigenvalue weighted by Gasteiger charge is 2.13. The highest BCUT2D eigenvalue weighted by molar-refractivity contribution is 9.10. The maximum Gasteiger partial charge on any atom is 0.145 e. The van der Waals surface area contributed by atoms with Crippen molar-refractivity contribution in [1.82, 2.24) is 15.0 Å². The van der Waals surface area contributed by atoms with E-state index in [4.69, 9.17) is 11.6 Å². The summed E-state index contributed by atoms with van der Waals surface area (Å²) < 4.78 is 29.0. The van der Waals surface area contributed by atoms with Crippen LogP contribution in [0, 0.1) is 11.6 Å². The molecule has 0 spiro atoms. The Labute approximate surface area is 122 Å². The zero-order valence-corrected chi connectivity index (χ0v) is 12.3. The average Bonchev–Trinajstić information content (AvgIpc) is 2.84. The lowest BCUT2D eigenvalue weighted by atomic mass is 10.2. The molecule has 102 valence electrons. The summed E-state index contributed by atoms with van der Waals surface area (Å²) in [6.07, 6.45) is 3.17. The molecule has 0 atom stereocenters. The van der Waals surface area contributed by atoms with Gasteiger partial charge in [0.05, 0.1) is 16.7 Å². The van der Waals surface area contributed by atoms with Crippen LogP contribution < -0.4 is 0 Å². The molecular weight excluding hydrogens is 340 g/mol. The highest BCUT2D eigenvalue weighted by atomic mass is 79.9. The van der Waals surface area contributed by atoms with E-state index in [0.717, 1.165) is 12.1 Å². The van der Waals surface area contributed by atoms with E-state index >= 15 is 0 Å². The summed E-state index contributed by atoms with van der Waals surface area (Å²) in [6.45, 7) is 0.00494. The first-order chi connectivity index (χ1) is 9.11. The normalized spacial score (nSPS) is 10.9. The second-order valence-corrected chi connectivity index (χ2v) is 5.25. The summed E-state index contributed by atoms with van der Waals surface area (Å²) in [7, 11) is 0. The van der Waals surface area contributed by atoms with E-state index in [2.05, 4.69) is 26.2 Å². The molecule has 0 aliphatic carbocycles. The van der Waals surface area contributed by atoms with Crippen molar-refractivity contribution in [2.75, 3.05) is 5.88 Å². The van der Waals surface area contributed by atoms with E-state index in [1.165, 1.54) is 16.8 Å². The molecule has 1 aromatic carbocycles. The van der Waals surface area contributed by atoms with Crippen LogP contribution in [0.1, 0.15) is 17.7 Å². The molecular formula is C12H11BrClF2N3. The van der Waals surface area contributed by atoms with Crippen LogP contribution in [-0.4, -0.2) is 20.9 Å². The molecule has 0 N–H and O–H groups in total. The van der Waals surface area contributed by atoms with Gasteiger partial charge in [-0.15, -0.1) is 16.7 Å². The summed E-state index contributed by atoms with van der Waals surface area (Å²) in [5, 5.41) is 7.78. The molecule has 2 aromatic rings. The van der Waals surface area contributed by atoms with Crippen LogP contribution >= 0.6 is 27.5 Å². The summed E-state index contributed by atoms with van der Waals surface area (Å²) in [5.74, 6) is -0.668. The molecule has 0 saturated carbocycles. The van der Waals surface area contributed by atoms with Gasteiger partial charge in [-0.05, 0) is 40.9 Å². The predicted octanol–water partition coefficient (Wildman–Crippen LogP) is 3.54. The SMILES string of the molecule is Fc1ccc(Br)c(F)c1Cn1cc(CCCCl)nn1. The van der Waals surface area contributed by atoms with Crippen LogP contribution in [0.15, 0.2) is 22.8 Å². The molecule has 0 fully saturated rings. The molecule has 0 aliphatic heterocycles. The standard InChI is InChI=1S/C12H11BrClF2N3/c13-10-3-4-11(15)9(12(10)16)7-19-6-8(17-18-19)2-1-5-14/h3-4,6H,1-2,5,7H2. The number of aryl methyl sites for hydroxylation is 1. The van der Waals surface area contributed by atoms with E-state index in [9.17, 15) is 8.78 Å². The maximum absolute atomic E-state index is 13.8. The fourth-order valence-electron chi connectivity index (χ4n) is 1.65. The Hall–Kier alpha value is -1.01. The second-order valence-electron chi connectivity index (χ2n) is 4.02. The van der Waals surface area contributed by atoms with Gasteiger partial charge in [0.15, 0.2) is 0 Å². The van der Waals surface area contributed by atoms with Crippen molar-refractivity contribution in [2.24, 2.45) is 0 Å². The Balaban J connectivity index is 2.17. The number of halogens is 4. The first-order valence-corrected chi connectivity index (χ1v) is 7.02. The quantitative estimate of drug-likeness (QED) is 0.610. The smallest absolute Gasteiger partial charge is 0.145 e. The van der Waals surface area contributed by atoms with Crippen LogP contribution in [0.3, 0.4) is 0 Å². The van der Waals surface area contributed by atoms with Crippen LogP contribution in [0.25, 0.3) is 0 Å². The Morgan fingerprint density at radius 2 is 2.11 bits per heavy atom. The van der Waals surface area contributed by atoms with Crippen molar-refractivity contribution in [3.63, 3.8) is 0 Å². The lowest BCUT2D eigenvalue weighted by Gasteiger charge is -2.05. The van der Waals surface area contributed by atoms with Gasteiger partial charge < -0.3 is 0 Å². The summed E-state index contributed by atoms with van der Waals surface area (Å²) in [5.41, 5.74) is 0.722. The van der Waals surface area contributed by atoms with Crippen molar-refractivity contribution in [2.45, 2.75) is 19.4 Å². The minimum Gasteiger partial charge on any atom is -0.248 e. The monoisotopic (exact) mass is 349 g/mol. The molecule has 2 rings (SSSR count). The van der Waals surface area contributed by atoms with Gasteiger partial charge in [-0.2, -0.15) is 0 Å². The van der Waals surface area contributed by atoms with Gasteiger partial charge in [0, 0.05) is 17.6 Å². The van der Waals surface area contributed by atoms with Gasteiger partial charge in [-0.25, -0.2) is 13.5 Å². The van der Waals surface area contributed by atoms with E-state index in [-0.39, 0.29) is 16.6 Å². The zero-order valence-electron chi connectivity index (χ0n) is 9.91. The fourth-order valence-corrected chi connectivity index (χ4v) is 2.16. The number of nitrogens with zero attached hydrogens (tertiary/aromatic N) is 3. The zero-order chi connectivity index (χ0) is 13.8. The van der Waals surface area contributed by atoms with E-state index in [0.29, 0.717) is 12.3 Å². The topological polar surface area (TPSA) is 30.7 Å². The number of benzene rings is 1. The van der Waals surface area contributed by atoms with Gasteiger partial charge in [0.25, 0.3) is 0 Å². The Kier molecular flexibility index (Phi) is 4.87. The molecule has 0 saturated heterocycles. The lowest BCUT2D eigenvalue weighted by Crippen LogP contribution is -2.06. The third-order valence-corrected chi connectivity index (χ3v) is 3.49. The third-order valence-electron chi connectivity index (χ3n) is 2.61. The number of hydrogen-bond acceptors (Lipinski definition) is 2. The average molecular weight is 351 g/mol. The molecule has 0 aliphatic rings. The minimum absolute atomic E-state index is 0.00494. The first-order valence-electron chi connectivity index (χ1n) is 5.69. The van der Waals surface area contributed by atoms with Crippen molar-refractivity contribution in [3.8, 4) is 0 Å². The summed E-state index contributed by atoms with van der Waals surface area (Å²) >= 11 is 8.62. The van der Waals surface area contributed by atoms with Crippen LogP contribution in [0.2, 0.25) is 0 Å². The van der Waals surface area contributed by atoms with E-state index < -0.39 is 11.6 Å². The van der Waals surface area contributed by atoms with Gasteiger partial charge in [0.2, 0.25) is 0 Å². The molecule has 3 nitrogen and oxygen atoms in total. The molecule has 0 bridgehead atoms. The van der Waals surface area contributed by atoms with E-state index in [1.807, 2.05) is 0 Å². The number of hydrogen-bond donors (Lipinski definition) is 0. The lowest BCUT2D eigenvalue weighted by molar-refractivity contribution is 0.524. The van der Waals surface area contributed by atoms with Gasteiger partial charge >= 0.3 is 0 Å². The number of rotatable bonds is 5. The van der Waals surface area contributed by atoms with Crippen LogP contribution in [0.5, 0.6) is 0 Å². The molecule has 0 radical (unpaired) electrons. The van der Waals surface area contributed by atoms with Gasteiger partial charge in [0.1, 0.15) is 11.6 Å². The molecule has 1 heterocycles. The van der Waals surface area contributed by atoms with Crippen molar-refractivity contribution < 1.29 is 8.78 Å². The maximum atomic E-state index is 13.8. The molecule has 0 amide bonds. The van der Waals surface area contributed by atoms with Crippen molar-refractivity contribution in [1.29, 1.82) is 0 Å². The number of alkyl halides is 1. The second kappa shape index (κ2) is 6.43. The van der Waals surface area contributed by atoms with E-state index in [1.54, 1.807) is 6.20 Å².